The molecule has 1 saturated carbocycles. The molecule has 1 unspecified atom stereocenters. The van der Waals surface area contributed by atoms with Crippen LogP contribution in [0.3, 0.4) is 0 Å². The Morgan fingerprint density at radius 3 is 2.86 bits per heavy atom. The van der Waals surface area contributed by atoms with Crippen LogP contribution in [0.5, 0.6) is 0 Å². The lowest BCUT2D eigenvalue weighted by Gasteiger charge is -2.32. The maximum atomic E-state index is 12.1. The first-order valence-electron chi connectivity index (χ1n) is 10.2. The zero-order valence-corrected chi connectivity index (χ0v) is 16.5. The highest BCUT2D eigenvalue weighted by Crippen LogP contribution is 2.30. The number of nitrogens with zero attached hydrogens (tertiary/aromatic N) is 5. The molecule has 1 atom stereocenters. The van der Waals surface area contributed by atoms with Crippen LogP contribution in [0.1, 0.15) is 56.7 Å². The maximum absolute atomic E-state index is 12.1. The third kappa shape index (κ3) is 3.83. The topological polar surface area (TPSA) is 110 Å². The van der Waals surface area contributed by atoms with Crippen LogP contribution in [0.2, 0.25) is 0 Å². The molecule has 2 aromatic rings. The van der Waals surface area contributed by atoms with Gasteiger partial charge in [0, 0.05) is 13.1 Å². The number of carbonyl (C=O) groups excluding carboxylic acids is 1. The van der Waals surface area contributed by atoms with E-state index >= 15 is 0 Å². The molecule has 3 heterocycles. The lowest BCUT2D eigenvalue weighted by atomic mass is 9.85. The van der Waals surface area contributed by atoms with Gasteiger partial charge in [-0.25, -0.2) is 14.6 Å². The molecule has 4 rings (SSSR count). The molecule has 3 N–H and O–H groups in total. The van der Waals surface area contributed by atoms with Crippen LogP contribution in [0, 0.1) is 11.8 Å². The molecule has 8 heteroatoms. The van der Waals surface area contributed by atoms with Gasteiger partial charge in [-0.1, -0.05) is 18.9 Å². The molecule has 1 saturated heterocycles. The first-order chi connectivity index (χ1) is 14.0. The number of anilines is 1. The van der Waals surface area contributed by atoms with Crippen LogP contribution in [0.25, 0.3) is 11.0 Å². The van der Waals surface area contributed by atoms with E-state index in [1.54, 1.807) is 4.90 Å². The van der Waals surface area contributed by atoms with Crippen molar-refractivity contribution in [2.75, 3.05) is 18.8 Å². The summed E-state index contributed by atoms with van der Waals surface area (Å²) in [5, 5.41) is 16.0. The Hall–Kier alpha value is -2.92. The van der Waals surface area contributed by atoms with Gasteiger partial charge in [-0.3, -0.25) is 4.79 Å². The van der Waals surface area contributed by atoms with E-state index in [1.807, 2.05) is 4.68 Å². The molecule has 1 amide bonds. The Bertz CT molecular complexity index is 996. The molecule has 29 heavy (non-hydrogen) atoms. The van der Waals surface area contributed by atoms with Gasteiger partial charge in [0.2, 0.25) is 5.91 Å². The SMILES string of the molecule is C=CC(=O)N1CCCC(n2nc(C#CC3(O)CCCCC3)c3c(N)ncnc32)C1. The number of fused-ring (bicyclic) bond motifs is 1. The van der Waals surface area contributed by atoms with Crippen molar-refractivity contribution in [3.63, 3.8) is 0 Å². The van der Waals surface area contributed by atoms with Gasteiger partial charge in [-0.2, -0.15) is 5.10 Å². The lowest BCUT2D eigenvalue weighted by molar-refractivity contribution is -0.127. The first kappa shape index (κ1) is 19.4. The number of carbonyl (C=O) groups is 1. The molecule has 2 aromatic heterocycles. The number of aliphatic hydroxyl groups is 1. The standard InChI is InChI=1S/C21H26N6O2/c1-2-17(28)26-12-6-7-15(13-26)27-20-18(19(22)23-14-24-20)16(25-27)8-11-21(29)9-4-3-5-10-21/h2,14-15,29H,1,3-7,9-10,12-13H2,(H2,22,23,24). The van der Waals surface area contributed by atoms with E-state index in [9.17, 15) is 9.90 Å². The Morgan fingerprint density at radius 2 is 2.10 bits per heavy atom. The van der Waals surface area contributed by atoms with Crippen LogP contribution in [-0.2, 0) is 4.79 Å². The summed E-state index contributed by atoms with van der Waals surface area (Å²) in [6.45, 7) is 4.82. The Balaban J connectivity index is 1.72. The summed E-state index contributed by atoms with van der Waals surface area (Å²) in [6, 6.07) is -0.0298. The summed E-state index contributed by atoms with van der Waals surface area (Å²) < 4.78 is 1.81. The van der Waals surface area contributed by atoms with Crippen LogP contribution in [0.4, 0.5) is 5.82 Å². The fraction of sp³-hybridized carbons (Fsp3) is 0.524. The van der Waals surface area contributed by atoms with Crippen LogP contribution < -0.4 is 5.73 Å². The molecule has 2 fully saturated rings. The van der Waals surface area contributed by atoms with E-state index in [2.05, 4.69) is 28.4 Å². The summed E-state index contributed by atoms with van der Waals surface area (Å²) in [6.07, 6.45) is 8.91. The maximum Gasteiger partial charge on any atom is 0.246 e. The normalized spacial score (nSPS) is 21.4. The summed E-state index contributed by atoms with van der Waals surface area (Å²) in [4.78, 5) is 22.3. The molecule has 0 bridgehead atoms. The molecule has 1 aliphatic carbocycles. The average Bonchev–Trinajstić information content (AvgIpc) is 3.12. The Morgan fingerprint density at radius 1 is 1.31 bits per heavy atom. The second-order valence-corrected chi connectivity index (χ2v) is 7.88. The largest absolute Gasteiger partial charge is 0.383 e. The molecular weight excluding hydrogens is 368 g/mol. The molecular formula is C21H26N6O2. The highest BCUT2D eigenvalue weighted by molar-refractivity contribution is 5.90. The highest BCUT2D eigenvalue weighted by atomic mass is 16.3. The van der Waals surface area contributed by atoms with Gasteiger partial charge < -0.3 is 15.7 Å². The fourth-order valence-corrected chi connectivity index (χ4v) is 4.26. The second kappa shape index (κ2) is 7.84. The van der Waals surface area contributed by atoms with Crippen molar-refractivity contribution in [2.45, 2.75) is 56.6 Å². The smallest absolute Gasteiger partial charge is 0.246 e. The van der Waals surface area contributed by atoms with Crippen molar-refractivity contribution in [3.05, 3.63) is 24.7 Å². The quantitative estimate of drug-likeness (QED) is 0.594. The molecule has 1 aliphatic heterocycles. The first-order valence-corrected chi connectivity index (χ1v) is 10.2. The number of hydrogen-bond acceptors (Lipinski definition) is 6. The molecule has 152 valence electrons. The third-order valence-corrected chi connectivity index (χ3v) is 5.84. The average molecular weight is 394 g/mol. The number of likely N-dealkylation sites (tertiary alicyclic amines) is 1. The number of aromatic nitrogens is 4. The summed E-state index contributed by atoms with van der Waals surface area (Å²) in [5.74, 6) is 6.31. The molecule has 8 nitrogen and oxygen atoms in total. The van der Waals surface area contributed by atoms with Crippen molar-refractivity contribution in [3.8, 4) is 11.8 Å². The van der Waals surface area contributed by atoms with E-state index in [1.165, 1.54) is 12.4 Å². The van der Waals surface area contributed by atoms with E-state index in [-0.39, 0.29) is 11.9 Å². The Kier molecular flexibility index (Phi) is 5.24. The number of piperidine rings is 1. The van der Waals surface area contributed by atoms with Crippen molar-refractivity contribution in [1.29, 1.82) is 0 Å². The number of hydrogen-bond donors (Lipinski definition) is 2. The van der Waals surface area contributed by atoms with Gasteiger partial charge in [-0.05, 0) is 50.5 Å². The molecule has 2 aliphatic rings. The minimum Gasteiger partial charge on any atom is -0.383 e. The predicted molar refractivity (Wildman–Crippen MR) is 110 cm³/mol. The van der Waals surface area contributed by atoms with Crippen LogP contribution in [0.15, 0.2) is 19.0 Å². The van der Waals surface area contributed by atoms with E-state index < -0.39 is 5.60 Å². The van der Waals surface area contributed by atoms with Crippen molar-refractivity contribution in [2.24, 2.45) is 0 Å². The summed E-state index contributed by atoms with van der Waals surface area (Å²) in [5.41, 5.74) is 6.23. The Labute approximate surface area is 169 Å². The van der Waals surface area contributed by atoms with Crippen molar-refractivity contribution >= 4 is 22.8 Å². The number of amides is 1. The van der Waals surface area contributed by atoms with Gasteiger partial charge in [-0.15, -0.1) is 0 Å². The monoisotopic (exact) mass is 394 g/mol. The van der Waals surface area contributed by atoms with Crippen LogP contribution >= 0.6 is 0 Å². The van der Waals surface area contributed by atoms with Gasteiger partial charge in [0.1, 0.15) is 23.4 Å². The lowest BCUT2D eigenvalue weighted by Crippen LogP contribution is -2.40. The zero-order valence-electron chi connectivity index (χ0n) is 16.5. The van der Waals surface area contributed by atoms with E-state index in [4.69, 9.17) is 10.8 Å². The third-order valence-electron chi connectivity index (χ3n) is 5.84. The second-order valence-electron chi connectivity index (χ2n) is 7.88. The summed E-state index contributed by atoms with van der Waals surface area (Å²) in [7, 11) is 0. The number of nitrogens with two attached hydrogens (primary N) is 1. The van der Waals surface area contributed by atoms with E-state index in [0.29, 0.717) is 48.5 Å². The van der Waals surface area contributed by atoms with Gasteiger partial charge in [0.15, 0.2) is 5.65 Å². The fourth-order valence-electron chi connectivity index (χ4n) is 4.26. The van der Waals surface area contributed by atoms with Crippen molar-refractivity contribution < 1.29 is 9.90 Å². The molecule has 0 aromatic carbocycles. The minimum atomic E-state index is -0.975. The number of rotatable bonds is 2. The zero-order chi connectivity index (χ0) is 20.4. The van der Waals surface area contributed by atoms with E-state index in [0.717, 1.165) is 32.1 Å². The van der Waals surface area contributed by atoms with Crippen LogP contribution in [-0.4, -0.2) is 54.4 Å². The predicted octanol–water partition coefficient (Wildman–Crippen LogP) is 1.80. The molecule has 0 spiro atoms. The highest BCUT2D eigenvalue weighted by Gasteiger charge is 2.29. The minimum absolute atomic E-state index is 0.0298. The van der Waals surface area contributed by atoms with Gasteiger partial charge in [0.05, 0.1) is 11.4 Å². The number of nitrogen functional groups attached to an aromatic ring is 1. The summed E-state index contributed by atoms with van der Waals surface area (Å²) >= 11 is 0. The van der Waals surface area contributed by atoms with Gasteiger partial charge in [0.25, 0.3) is 0 Å². The molecule has 0 radical (unpaired) electrons. The van der Waals surface area contributed by atoms with Crippen molar-refractivity contribution in [1.82, 2.24) is 24.6 Å². The van der Waals surface area contributed by atoms with Gasteiger partial charge >= 0.3 is 0 Å².